The van der Waals surface area contributed by atoms with Crippen molar-refractivity contribution in [3.05, 3.63) is 132 Å². The van der Waals surface area contributed by atoms with E-state index in [9.17, 15) is 0 Å². The van der Waals surface area contributed by atoms with E-state index in [0.29, 0.717) is 0 Å². The van der Waals surface area contributed by atoms with E-state index >= 15 is 0 Å². The quantitative estimate of drug-likeness (QED) is 0.217. The van der Waals surface area contributed by atoms with E-state index in [-0.39, 0.29) is 5.41 Å². The van der Waals surface area contributed by atoms with Crippen LogP contribution in [0.4, 0.5) is 0 Å². The highest BCUT2D eigenvalue weighted by molar-refractivity contribution is 7.26. The maximum Gasteiger partial charge on any atom is 0.160 e. The number of hydrogen-bond acceptors (Lipinski definition) is 3. The van der Waals surface area contributed by atoms with Crippen molar-refractivity contribution in [3.8, 4) is 33.8 Å². The lowest BCUT2D eigenvalue weighted by atomic mass is 9.77. The van der Waals surface area contributed by atoms with E-state index in [2.05, 4.69) is 140 Å². The first-order valence-corrected chi connectivity index (χ1v) is 16.8. The van der Waals surface area contributed by atoms with Crippen LogP contribution in [0.1, 0.15) is 31.4 Å². The molecule has 46 heavy (non-hydrogen) atoms. The van der Waals surface area contributed by atoms with Crippen molar-refractivity contribution in [2.75, 3.05) is 0 Å². The molecule has 1 atom stereocenters. The molecule has 10 rings (SSSR count). The molecule has 3 aromatic heterocycles. The highest BCUT2D eigenvalue weighted by Gasteiger charge is 2.39. The van der Waals surface area contributed by atoms with Crippen molar-refractivity contribution < 1.29 is 0 Å². The minimum atomic E-state index is -0.0436. The minimum Gasteiger partial charge on any atom is -0.354 e. The second kappa shape index (κ2) is 9.35. The Morgan fingerprint density at radius 3 is 2.37 bits per heavy atom. The lowest BCUT2D eigenvalue weighted by Crippen LogP contribution is -2.19. The van der Waals surface area contributed by atoms with Gasteiger partial charge in [-0.1, -0.05) is 117 Å². The molecule has 3 heterocycles. The molecule has 0 spiro atoms. The van der Waals surface area contributed by atoms with Crippen molar-refractivity contribution in [1.29, 1.82) is 0 Å². The number of aromatic amines is 1. The van der Waals surface area contributed by atoms with E-state index in [0.717, 1.165) is 44.8 Å². The molecule has 3 nitrogen and oxygen atoms in total. The van der Waals surface area contributed by atoms with Gasteiger partial charge in [0.05, 0.1) is 21.4 Å². The molecular formula is C42H29N3S. The zero-order valence-corrected chi connectivity index (χ0v) is 26.4. The van der Waals surface area contributed by atoms with Gasteiger partial charge in [-0.15, -0.1) is 11.3 Å². The Labute approximate surface area is 270 Å². The van der Waals surface area contributed by atoms with E-state index in [1.807, 2.05) is 0 Å². The van der Waals surface area contributed by atoms with Gasteiger partial charge in [0.1, 0.15) is 0 Å². The normalized spacial score (nSPS) is 15.8. The Bertz CT molecular complexity index is 2710. The van der Waals surface area contributed by atoms with Gasteiger partial charge in [0, 0.05) is 42.9 Å². The van der Waals surface area contributed by atoms with Gasteiger partial charge in [-0.3, -0.25) is 0 Å². The van der Waals surface area contributed by atoms with Crippen LogP contribution in [0.5, 0.6) is 0 Å². The van der Waals surface area contributed by atoms with E-state index in [4.69, 9.17) is 9.97 Å². The second-order valence-electron chi connectivity index (χ2n) is 12.8. The number of rotatable bonds is 3. The zero-order valence-electron chi connectivity index (χ0n) is 25.6. The van der Waals surface area contributed by atoms with E-state index in [1.54, 1.807) is 11.3 Å². The molecule has 0 amide bonds. The van der Waals surface area contributed by atoms with E-state index < -0.39 is 0 Å². The molecule has 0 saturated carbocycles. The SMILES string of the molecule is CCC1(C)c2ccccc2-c2ccc3c([nH]c4cc(-c5nc(-c6ccc7ccccc7c6)c6sc7ccccc7c6n5)ccc43)c21. The van der Waals surface area contributed by atoms with Crippen LogP contribution in [-0.2, 0) is 5.41 Å². The summed E-state index contributed by atoms with van der Waals surface area (Å²) in [5.74, 6) is 0.746. The van der Waals surface area contributed by atoms with Crippen LogP contribution in [0.3, 0.4) is 0 Å². The Morgan fingerprint density at radius 2 is 1.46 bits per heavy atom. The number of H-pyrrole nitrogens is 1. The topological polar surface area (TPSA) is 41.6 Å². The predicted molar refractivity (Wildman–Crippen MR) is 195 cm³/mol. The van der Waals surface area contributed by atoms with Gasteiger partial charge in [0.2, 0.25) is 0 Å². The van der Waals surface area contributed by atoms with Crippen LogP contribution in [0.15, 0.2) is 121 Å². The number of aromatic nitrogens is 3. The lowest BCUT2D eigenvalue weighted by molar-refractivity contribution is 0.568. The van der Waals surface area contributed by atoms with Gasteiger partial charge in [-0.2, -0.15) is 0 Å². The van der Waals surface area contributed by atoms with Crippen LogP contribution < -0.4 is 0 Å². The molecule has 0 saturated heterocycles. The summed E-state index contributed by atoms with van der Waals surface area (Å²) in [6, 6.07) is 43.9. The molecule has 9 aromatic rings. The minimum absolute atomic E-state index is 0.0436. The van der Waals surface area contributed by atoms with Crippen LogP contribution in [0.25, 0.3) is 86.7 Å². The summed E-state index contributed by atoms with van der Waals surface area (Å²) in [5.41, 5.74) is 12.0. The Kier molecular flexibility index (Phi) is 5.28. The molecule has 1 N–H and O–H groups in total. The molecule has 0 bridgehead atoms. The number of fused-ring (bicyclic) bond motifs is 11. The monoisotopic (exact) mass is 607 g/mol. The van der Waals surface area contributed by atoms with E-state index in [1.165, 1.54) is 59.4 Å². The lowest BCUT2D eigenvalue weighted by Gasteiger charge is -2.26. The molecule has 1 aliphatic carbocycles. The third-order valence-electron chi connectivity index (χ3n) is 10.3. The number of thiophene rings is 1. The van der Waals surface area contributed by atoms with Gasteiger partial charge >= 0.3 is 0 Å². The molecule has 218 valence electrons. The number of nitrogens with zero attached hydrogens (tertiary/aromatic N) is 2. The molecule has 4 heteroatoms. The van der Waals surface area contributed by atoms with Gasteiger partial charge in [0.25, 0.3) is 0 Å². The fourth-order valence-corrected chi connectivity index (χ4v) is 9.02. The Hall–Kier alpha value is -5.32. The summed E-state index contributed by atoms with van der Waals surface area (Å²) in [7, 11) is 0. The molecule has 0 radical (unpaired) electrons. The Morgan fingerprint density at radius 1 is 0.674 bits per heavy atom. The average Bonchev–Trinajstić information content (AvgIpc) is 3.75. The maximum absolute atomic E-state index is 5.31. The van der Waals surface area contributed by atoms with Gasteiger partial charge in [0.15, 0.2) is 5.82 Å². The first-order valence-electron chi connectivity index (χ1n) is 16.0. The summed E-state index contributed by atoms with van der Waals surface area (Å²) in [6.07, 6.45) is 1.04. The number of hydrogen-bond donors (Lipinski definition) is 1. The highest BCUT2D eigenvalue weighted by atomic mass is 32.1. The largest absolute Gasteiger partial charge is 0.354 e. The van der Waals surface area contributed by atoms with Crippen LogP contribution in [-0.4, -0.2) is 15.0 Å². The molecular weight excluding hydrogens is 579 g/mol. The fourth-order valence-electron chi connectivity index (χ4n) is 7.86. The summed E-state index contributed by atoms with van der Waals surface area (Å²) in [6.45, 7) is 4.71. The standard InChI is InChI=1S/C42H29N3S/c1-3-42(2)33-14-8-6-12-28(33)30-20-21-31-29-19-18-27(23-34(29)43-38(31)36(30)42)41-44-37(26-17-16-24-10-4-5-11-25(24)22-26)40-39(45-41)32-13-7-9-15-35(32)46-40/h4-23,43H,3H2,1-2H3. The molecule has 1 unspecified atom stereocenters. The molecule has 6 aromatic carbocycles. The first kappa shape index (κ1) is 26.0. The summed E-state index contributed by atoms with van der Waals surface area (Å²) in [4.78, 5) is 14.4. The maximum atomic E-state index is 5.31. The third-order valence-corrected chi connectivity index (χ3v) is 11.5. The number of nitrogens with one attached hydrogen (secondary N) is 1. The van der Waals surface area contributed by atoms with Crippen LogP contribution in [0, 0.1) is 0 Å². The summed E-state index contributed by atoms with van der Waals surface area (Å²) >= 11 is 1.77. The van der Waals surface area contributed by atoms with Gasteiger partial charge < -0.3 is 4.98 Å². The van der Waals surface area contributed by atoms with Crippen LogP contribution in [0.2, 0.25) is 0 Å². The summed E-state index contributed by atoms with van der Waals surface area (Å²) < 4.78 is 2.35. The molecule has 0 fully saturated rings. The summed E-state index contributed by atoms with van der Waals surface area (Å²) in [5, 5.41) is 6.11. The number of benzene rings is 6. The molecule has 0 aliphatic heterocycles. The third kappa shape index (κ3) is 3.48. The van der Waals surface area contributed by atoms with Crippen molar-refractivity contribution in [1.82, 2.24) is 15.0 Å². The highest BCUT2D eigenvalue weighted by Crippen LogP contribution is 2.53. The first-order chi connectivity index (χ1) is 22.6. The molecule has 1 aliphatic rings. The smallest absolute Gasteiger partial charge is 0.160 e. The Balaban J connectivity index is 1.20. The van der Waals surface area contributed by atoms with Crippen LogP contribution >= 0.6 is 11.3 Å². The van der Waals surface area contributed by atoms with Crippen molar-refractivity contribution in [2.45, 2.75) is 25.7 Å². The van der Waals surface area contributed by atoms with Gasteiger partial charge in [-0.25, -0.2) is 9.97 Å². The van der Waals surface area contributed by atoms with Gasteiger partial charge in [-0.05, 0) is 57.6 Å². The van der Waals surface area contributed by atoms with Crippen molar-refractivity contribution >= 4 is 64.2 Å². The average molecular weight is 608 g/mol. The van der Waals surface area contributed by atoms with Crippen molar-refractivity contribution in [3.63, 3.8) is 0 Å². The van der Waals surface area contributed by atoms with Crippen molar-refractivity contribution in [2.24, 2.45) is 0 Å². The predicted octanol–water partition coefficient (Wildman–Crippen LogP) is 11.7. The fraction of sp³-hybridized carbons (Fsp3) is 0.0952. The zero-order chi connectivity index (χ0) is 30.6. The second-order valence-corrected chi connectivity index (χ2v) is 13.8.